The molecule has 0 aliphatic heterocycles. The molecule has 27 heavy (non-hydrogen) atoms. The molecule has 0 saturated heterocycles. The van der Waals surface area contributed by atoms with Crippen molar-refractivity contribution in [3.05, 3.63) is 84.9 Å². The van der Waals surface area contributed by atoms with E-state index in [1.54, 1.807) is 0 Å². The highest BCUT2D eigenvalue weighted by atomic mass is 32.2. The van der Waals surface area contributed by atoms with Crippen molar-refractivity contribution in [3.63, 3.8) is 0 Å². The highest BCUT2D eigenvalue weighted by Crippen LogP contribution is 2.51. The van der Waals surface area contributed by atoms with Crippen molar-refractivity contribution < 1.29 is 9.53 Å². The summed E-state index contributed by atoms with van der Waals surface area (Å²) in [4.78, 5) is 16.1. The van der Waals surface area contributed by atoms with Gasteiger partial charge in [-0.3, -0.25) is 4.79 Å². The van der Waals surface area contributed by atoms with Crippen LogP contribution in [0, 0.1) is 5.41 Å². The Balaban J connectivity index is 1.90. The van der Waals surface area contributed by atoms with E-state index in [-0.39, 0.29) is 5.97 Å². The molecule has 0 atom stereocenters. The number of rotatable bonds is 6. The van der Waals surface area contributed by atoms with Crippen LogP contribution < -0.4 is 4.74 Å². The number of ether oxygens (including phenoxy) is 1. The third-order valence-electron chi connectivity index (χ3n) is 4.77. The van der Waals surface area contributed by atoms with E-state index in [1.165, 1.54) is 14.7 Å². The number of hydrogen-bond acceptors (Lipinski definition) is 2. The van der Waals surface area contributed by atoms with Crippen LogP contribution >= 0.6 is 10.9 Å². The van der Waals surface area contributed by atoms with Gasteiger partial charge in [0.2, 0.25) is 0 Å². The molecule has 0 saturated carbocycles. The van der Waals surface area contributed by atoms with Gasteiger partial charge in [0.05, 0.1) is 5.41 Å². The summed E-state index contributed by atoms with van der Waals surface area (Å²) in [5.41, 5.74) is -0.473. The van der Waals surface area contributed by atoms with E-state index in [4.69, 9.17) is 4.74 Å². The summed E-state index contributed by atoms with van der Waals surface area (Å²) in [7, 11) is -0.645. The van der Waals surface area contributed by atoms with Gasteiger partial charge in [0.25, 0.3) is 0 Å². The molecular weight excluding hydrogens is 352 g/mol. The Morgan fingerprint density at radius 3 is 1.67 bits per heavy atom. The Kier molecular flexibility index (Phi) is 6.02. The number of hydrogen-bond donors (Lipinski definition) is 1. The summed E-state index contributed by atoms with van der Waals surface area (Å²) in [6.45, 7) is 5.82. The van der Waals surface area contributed by atoms with E-state index in [9.17, 15) is 4.79 Å². The molecule has 0 N–H and O–H groups in total. The zero-order chi connectivity index (χ0) is 19.3. The van der Waals surface area contributed by atoms with E-state index in [1.807, 2.05) is 45.0 Å². The molecule has 0 unspecified atom stereocenters. The average molecular weight is 379 g/mol. The number of carbonyl (C=O) groups is 1. The van der Waals surface area contributed by atoms with Crippen molar-refractivity contribution in [1.29, 1.82) is 0 Å². The van der Waals surface area contributed by atoms with Crippen LogP contribution in [-0.4, -0.2) is 5.97 Å². The van der Waals surface area contributed by atoms with Crippen LogP contribution in [-0.2, 0) is 4.79 Å². The zero-order valence-electron chi connectivity index (χ0n) is 16.1. The summed E-state index contributed by atoms with van der Waals surface area (Å²) in [5.74, 6) is 0.410. The van der Waals surface area contributed by atoms with Crippen molar-refractivity contribution in [3.8, 4) is 5.75 Å². The minimum Gasteiger partial charge on any atom is -0.426 e. The van der Waals surface area contributed by atoms with Crippen molar-refractivity contribution in [2.75, 3.05) is 0 Å². The lowest BCUT2D eigenvalue weighted by Crippen LogP contribution is -2.28. The first-order valence-electron chi connectivity index (χ1n) is 9.24. The van der Waals surface area contributed by atoms with Gasteiger partial charge in [0.1, 0.15) is 5.75 Å². The number of esters is 1. The lowest BCUT2D eigenvalue weighted by atomic mass is 9.91. The first kappa shape index (κ1) is 19.2. The normalized spacial score (nSPS) is 11.7. The molecule has 0 heterocycles. The monoisotopic (exact) mass is 378 g/mol. The third kappa shape index (κ3) is 4.61. The fraction of sp³-hybridized carbons (Fsp3) is 0.208. The Labute approximate surface area is 164 Å². The van der Waals surface area contributed by atoms with Crippen LogP contribution in [0.4, 0.5) is 0 Å². The van der Waals surface area contributed by atoms with Crippen LogP contribution in [0.2, 0.25) is 0 Å². The summed E-state index contributed by atoms with van der Waals surface area (Å²) in [5, 5.41) is 0. The zero-order valence-corrected chi connectivity index (χ0v) is 16.9. The second kappa shape index (κ2) is 8.45. The second-order valence-corrected chi connectivity index (χ2v) is 9.35. The van der Waals surface area contributed by atoms with E-state index in [2.05, 4.69) is 60.7 Å². The van der Waals surface area contributed by atoms with Gasteiger partial charge >= 0.3 is 5.97 Å². The molecule has 0 aliphatic carbocycles. The number of benzene rings is 3. The molecule has 0 radical (unpaired) electrons. The Morgan fingerprint density at radius 2 is 1.22 bits per heavy atom. The first-order chi connectivity index (χ1) is 13.0. The van der Waals surface area contributed by atoms with Crippen LogP contribution in [0.5, 0.6) is 5.75 Å². The van der Waals surface area contributed by atoms with Gasteiger partial charge in [-0.25, -0.2) is 0 Å². The molecule has 0 aromatic heterocycles. The SMILES string of the molecule is CCC(C)(C)C(=O)Oc1ccc([SH](c2ccccc2)c2ccccc2)cc1. The molecule has 3 rings (SSSR count). The molecule has 0 spiro atoms. The summed E-state index contributed by atoms with van der Waals surface area (Å²) in [6.07, 6.45) is 0.747. The molecule has 0 aliphatic rings. The average Bonchev–Trinajstić information content (AvgIpc) is 2.71. The van der Waals surface area contributed by atoms with Crippen LogP contribution in [0.25, 0.3) is 0 Å². The lowest BCUT2D eigenvalue weighted by molar-refractivity contribution is -0.144. The smallest absolute Gasteiger partial charge is 0.316 e. The van der Waals surface area contributed by atoms with Crippen LogP contribution in [0.1, 0.15) is 27.2 Å². The Hall–Kier alpha value is -2.52. The quantitative estimate of drug-likeness (QED) is 0.301. The van der Waals surface area contributed by atoms with Gasteiger partial charge in [-0.1, -0.05) is 43.3 Å². The van der Waals surface area contributed by atoms with E-state index in [0.717, 1.165) is 6.42 Å². The minimum atomic E-state index is -0.645. The summed E-state index contributed by atoms with van der Waals surface area (Å²) >= 11 is 0. The molecule has 0 amide bonds. The van der Waals surface area contributed by atoms with Gasteiger partial charge in [-0.2, -0.15) is 10.9 Å². The van der Waals surface area contributed by atoms with Gasteiger partial charge in [-0.05, 0) is 83.5 Å². The third-order valence-corrected chi connectivity index (χ3v) is 7.21. The minimum absolute atomic E-state index is 0.189. The molecule has 0 bridgehead atoms. The fourth-order valence-corrected chi connectivity index (χ4v) is 4.94. The molecule has 3 aromatic rings. The van der Waals surface area contributed by atoms with Gasteiger partial charge in [-0.15, -0.1) is 0 Å². The predicted octanol–water partition coefficient (Wildman–Crippen LogP) is 6.51. The maximum atomic E-state index is 12.3. The van der Waals surface area contributed by atoms with Crippen molar-refractivity contribution in [2.24, 2.45) is 5.41 Å². The van der Waals surface area contributed by atoms with Crippen molar-refractivity contribution in [2.45, 2.75) is 41.9 Å². The Bertz CT molecular complexity index is 832. The highest BCUT2D eigenvalue weighted by molar-refractivity contribution is 8.17. The van der Waals surface area contributed by atoms with Crippen molar-refractivity contribution >= 4 is 16.9 Å². The summed E-state index contributed by atoms with van der Waals surface area (Å²) in [6, 6.07) is 29.1. The molecule has 0 fully saturated rings. The Morgan fingerprint density at radius 1 is 0.778 bits per heavy atom. The van der Waals surface area contributed by atoms with E-state index >= 15 is 0 Å². The van der Waals surface area contributed by atoms with E-state index in [0.29, 0.717) is 5.75 Å². The predicted molar refractivity (Wildman–Crippen MR) is 113 cm³/mol. The van der Waals surface area contributed by atoms with E-state index < -0.39 is 16.3 Å². The molecular formula is C24H26O2S. The second-order valence-electron chi connectivity index (χ2n) is 7.13. The summed E-state index contributed by atoms with van der Waals surface area (Å²) < 4.78 is 5.58. The molecule has 140 valence electrons. The molecule has 3 aromatic carbocycles. The van der Waals surface area contributed by atoms with Crippen molar-refractivity contribution in [1.82, 2.24) is 0 Å². The highest BCUT2D eigenvalue weighted by Gasteiger charge is 2.27. The van der Waals surface area contributed by atoms with Crippen LogP contribution in [0.15, 0.2) is 99.6 Å². The largest absolute Gasteiger partial charge is 0.426 e. The molecule has 3 heteroatoms. The lowest BCUT2D eigenvalue weighted by Gasteiger charge is -2.24. The van der Waals surface area contributed by atoms with Crippen LogP contribution in [0.3, 0.4) is 0 Å². The van der Waals surface area contributed by atoms with Gasteiger partial charge in [0.15, 0.2) is 0 Å². The topological polar surface area (TPSA) is 26.3 Å². The standard InChI is InChI=1S/C24H26O2S/c1-4-24(2,3)23(25)26-19-15-17-22(18-16-19)27(20-11-7-5-8-12-20)21-13-9-6-10-14-21/h5-18,27H,4H2,1-3H3. The fourth-order valence-electron chi connectivity index (χ4n) is 2.65. The molecule has 2 nitrogen and oxygen atoms in total. The number of carbonyl (C=O) groups excluding carboxylic acids is 1. The van der Waals surface area contributed by atoms with Gasteiger partial charge in [0, 0.05) is 0 Å². The maximum Gasteiger partial charge on any atom is 0.316 e. The number of thiol groups is 1. The maximum absolute atomic E-state index is 12.3. The first-order valence-corrected chi connectivity index (χ1v) is 10.6. The van der Waals surface area contributed by atoms with Gasteiger partial charge < -0.3 is 4.74 Å².